The van der Waals surface area contributed by atoms with Crippen LogP contribution in [0.2, 0.25) is 0 Å². The van der Waals surface area contributed by atoms with Crippen LogP contribution in [-0.4, -0.2) is 79.5 Å². The standard InChI is InChI=1S/C18H23NO10/c1-18(2,3-4-19)29-17-15(25)14(24)13(23)11(28-17)7-27-16(26)8-5-9(20)12(22)10(21)6-8/h5-6,11,13-15,17,20-25H,3,7H2,1-2H3/t11-,13-,14+,15-,17+/m1/s1. The third-order valence-electron chi connectivity index (χ3n) is 4.29. The Morgan fingerprint density at radius 3 is 2.28 bits per heavy atom. The van der Waals surface area contributed by atoms with E-state index in [0.717, 1.165) is 12.1 Å². The van der Waals surface area contributed by atoms with Gasteiger partial charge in [0, 0.05) is 0 Å². The van der Waals surface area contributed by atoms with E-state index in [1.54, 1.807) is 13.8 Å². The highest BCUT2D eigenvalue weighted by molar-refractivity contribution is 5.91. The molecular formula is C18H23NO10. The molecule has 11 heteroatoms. The van der Waals surface area contributed by atoms with Crippen molar-refractivity contribution in [2.45, 2.75) is 56.6 Å². The van der Waals surface area contributed by atoms with E-state index in [-0.39, 0.29) is 12.0 Å². The number of nitrogens with zero attached hydrogens (tertiary/aromatic N) is 1. The average Bonchev–Trinajstić information content (AvgIpc) is 2.64. The SMILES string of the molecule is CC(C)(CC#N)O[C@@H]1O[C@H](COC(=O)c2cc(O)c(O)c(O)c2)[C@@H](O)[C@H](O)[C@H]1O. The third kappa shape index (κ3) is 5.26. The molecule has 0 aliphatic carbocycles. The Morgan fingerprint density at radius 2 is 1.72 bits per heavy atom. The highest BCUT2D eigenvalue weighted by Crippen LogP contribution is 2.35. The first-order valence-corrected chi connectivity index (χ1v) is 8.63. The van der Waals surface area contributed by atoms with Crippen molar-refractivity contribution in [3.63, 3.8) is 0 Å². The number of esters is 1. The maximum atomic E-state index is 12.1. The molecule has 1 aliphatic rings. The number of aromatic hydroxyl groups is 3. The third-order valence-corrected chi connectivity index (χ3v) is 4.29. The summed E-state index contributed by atoms with van der Waals surface area (Å²) in [6, 6.07) is 3.64. The van der Waals surface area contributed by atoms with Crippen molar-refractivity contribution in [3.05, 3.63) is 17.7 Å². The molecule has 11 nitrogen and oxygen atoms in total. The largest absolute Gasteiger partial charge is 0.504 e. The molecule has 0 bridgehead atoms. The van der Waals surface area contributed by atoms with Crippen LogP contribution in [0, 0.1) is 11.3 Å². The molecular weight excluding hydrogens is 390 g/mol. The van der Waals surface area contributed by atoms with Crippen LogP contribution in [0.4, 0.5) is 0 Å². The van der Waals surface area contributed by atoms with Gasteiger partial charge in [0.25, 0.3) is 0 Å². The molecule has 1 fully saturated rings. The number of hydrogen-bond acceptors (Lipinski definition) is 11. The van der Waals surface area contributed by atoms with Crippen molar-refractivity contribution >= 4 is 5.97 Å². The lowest BCUT2D eigenvalue weighted by atomic mass is 9.98. The topological polar surface area (TPSA) is 190 Å². The van der Waals surface area contributed by atoms with Gasteiger partial charge in [0.1, 0.15) is 31.0 Å². The van der Waals surface area contributed by atoms with Crippen molar-refractivity contribution in [2.75, 3.05) is 6.61 Å². The second-order valence-electron chi connectivity index (χ2n) is 7.19. The summed E-state index contributed by atoms with van der Waals surface area (Å²) in [5.41, 5.74) is -1.31. The number of carbonyl (C=O) groups is 1. The summed E-state index contributed by atoms with van der Waals surface area (Å²) in [5.74, 6) is -3.30. The molecule has 1 heterocycles. The predicted octanol–water partition coefficient (Wildman–Crippen LogP) is -0.523. The summed E-state index contributed by atoms with van der Waals surface area (Å²) in [6.45, 7) is 2.58. The van der Waals surface area contributed by atoms with Gasteiger partial charge in [-0.05, 0) is 26.0 Å². The van der Waals surface area contributed by atoms with Crippen LogP contribution in [0.25, 0.3) is 0 Å². The summed E-state index contributed by atoms with van der Waals surface area (Å²) < 4.78 is 15.9. The van der Waals surface area contributed by atoms with Crippen LogP contribution in [0.3, 0.4) is 0 Å². The van der Waals surface area contributed by atoms with E-state index in [0.29, 0.717) is 0 Å². The van der Waals surface area contributed by atoms with Gasteiger partial charge >= 0.3 is 5.97 Å². The predicted molar refractivity (Wildman–Crippen MR) is 93.8 cm³/mol. The second-order valence-corrected chi connectivity index (χ2v) is 7.19. The molecule has 1 aromatic carbocycles. The number of hydrogen-bond donors (Lipinski definition) is 6. The van der Waals surface area contributed by atoms with E-state index in [1.165, 1.54) is 0 Å². The van der Waals surface area contributed by atoms with Gasteiger partial charge in [-0.25, -0.2) is 4.79 Å². The lowest BCUT2D eigenvalue weighted by Gasteiger charge is -2.42. The fourth-order valence-corrected chi connectivity index (χ4v) is 2.66. The molecule has 0 radical (unpaired) electrons. The minimum Gasteiger partial charge on any atom is -0.504 e. The highest BCUT2D eigenvalue weighted by Gasteiger charge is 2.46. The van der Waals surface area contributed by atoms with E-state index in [1.807, 2.05) is 6.07 Å². The first-order valence-electron chi connectivity index (χ1n) is 8.63. The fourth-order valence-electron chi connectivity index (χ4n) is 2.66. The first-order chi connectivity index (χ1) is 13.5. The van der Waals surface area contributed by atoms with Crippen molar-refractivity contribution in [3.8, 4) is 23.3 Å². The van der Waals surface area contributed by atoms with Gasteiger partial charge in [-0.15, -0.1) is 0 Å². The Hall–Kier alpha value is -2.62. The highest BCUT2D eigenvalue weighted by atomic mass is 16.7. The number of rotatable bonds is 6. The lowest BCUT2D eigenvalue weighted by molar-refractivity contribution is -0.322. The Morgan fingerprint density at radius 1 is 1.14 bits per heavy atom. The molecule has 0 spiro atoms. The maximum absolute atomic E-state index is 12.1. The van der Waals surface area contributed by atoms with Gasteiger partial charge < -0.3 is 44.8 Å². The van der Waals surface area contributed by atoms with Gasteiger partial charge in [-0.2, -0.15) is 5.26 Å². The Labute approximate surface area is 165 Å². The number of carbonyl (C=O) groups excluding carboxylic acids is 1. The molecule has 6 N–H and O–H groups in total. The van der Waals surface area contributed by atoms with E-state index < -0.39 is 66.1 Å². The zero-order chi connectivity index (χ0) is 21.9. The lowest BCUT2D eigenvalue weighted by Crippen LogP contribution is -2.60. The van der Waals surface area contributed by atoms with Gasteiger partial charge in [-0.1, -0.05) is 0 Å². The Bertz CT molecular complexity index is 766. The molecule has 0 aromatic heterocycles. The quantitative estimate of drug-likeness (QED) is 0.260. The summed E-state index contributed by atoms with van der Waals surface area (Å²) in [5, 5.41) is 67.2. The Balaban J connectivity index is 2.07. The molecule has 0 saturated carbocycles. The zero-order valence-electron chi connectivity index (χ0n) is 15.7. The molecule has 29 heavy (non-hydrogen) atoms. The molecule has 1 aliphatic heterocycles. The summed E-state index contributed by atoms with van der Waals surface area (Å²) >= 11 is 0. The van der Waals surface area contributed by atoms with Crippen LogP contribution < -0.4 is 0 Å². The Kier molecular flexibility index (Phi) is 6.89. The monoisotopic (exact) mass is 413 g/mol. The zero-order valence-corrected chi connectivity index (χ0v) is 15.7. The van der Waals surface area contributed by atoms with Crippen LogP contribution in [0.15, 0.2) is 12.1 Å². The van der Waals surface area contributed by atoms with Crippen molar-refractivity contribution in [1.29, 1.82) is 5.26 Å². The van der Waals surface area contributed by atoms with Crippen molar-refractivity contribution in [2.24, 2.45) is 0 Å². The molecule has 1 aromatic rings. The number of aliphatic hydroxyl groups is 3. The summed E-state index contributed by atoms with van der Waals surface area (Å²) in [4.78, 5) is 12.1. The van der Waals surface area contributed by atoms with Crippen LogP contribution in [-0.2, 0) is 14.2 Å². The van der Waals surface area contributed by atoms with E-state index in [9.17, 15) is 35.4 Å². The number of aliphatic hydroxyl groups excluding tert-OH is 3. The number of phenols is 3. The minimum atomic E-state index is -1.67. The van der Waals surface area contributed by atoms with Crippen molar-refractivity contribution in [1.82, 2.24) is 0 Å². The second kappa shape index (κ2) is 8.81. The van der Waals surface area contributed by atoms with Gasteiger partial charge in [-0.3, -0.25) is 0 Å². The number of ether oxygens (including phenoxy) is 3. The summed E-state index contributed by atoms with van der Waals surface area (Å²) in [7, 11) is 0. The normalized spacial score (nSPS) is 27.2. The van der Waals surface area contributed by atoms with E-state index >= 15 is 0 Å². The van der Waals surface area contributed by atoms with Gasteiger partial charge in [0.2, 0.25) is 0 Å². The first kappa shape index (κ1) is 22.7. The van der Waals surface area contributed by atoms with Gasteiger partial charge in [0.15, 0.2) is 23.5 Å². The fraction of sp³-hybridized carbons (Fsp3) is 0.556. The number of phenolic OH excluding ortho intramolecular Hbond substituents is 3. The van der Waals surface area contributed by atoms with E-state index in [4.69, 9.17) is 19.5 Å². The van der Waals surface area contributed by atoms with Crippen LogP contribution >= 0.6 is 0 Å². The van der Waals surface area contributed by atoms with Gasteiger partial charge in [0.05, 0.1) is 23.7 Å². The smallest absolute Gasteiger partial charge is 0.338 e. The van der Waals surface area contributed by atoms with Crippen LogP contribution in [0.1, 0.15) is 30.6 Å². The van der Waals surface area contributed by atoms with Crippen molar-refractivity contribution < 1.29 is 49.6 Å². The van der Waals surface area contributed by atoms with Crippen LogP contribution in [0.5, 0.6) is 17.2 Å². The molecule has 160 valence electrons. The average molecular weight is 413 g/mol. The molecule has 0 unspecified atom stereocenters. The molecule has 1 saturated heterocycles. The van der Waals surface area contributed by atoms with E-state index in [2.05, 4.69) is 0 Å². The molecule has 2 rings (SSSR count). The summed E-state index contributed by atoms with van der Waals surface area (Å²) in [6.07, 6.45) is -7.61. The maximum Gasteiger partial charge on any atom is 0.338 e. The minimum absolute atomic E-state index is 0.0360. The number of benzene rings is 1. The number of nitriles is 1. The molecule has 0 amide bonds. The molecule has 5 atom stereocenters.